The van der Waals surface area contributed by atoms with Crippen molar-refractivity contribution in [1.29, 1.82) is 0 Å². The molecule has 0 aromatic carbocycles. The molecule has 0 unspecified atom stereocenters. The molecule has 0 atom stereocenters. The van der Waals surface area contributed by atoms with Gasteiger partial charge in [0.05, 0.1) is 0 Å². The summed E-state index contributed by atoms with van der Waals surface area (Å²) in [7, 11) is 0. The first-order valence-electron chi connectivity index (χ1n) is 8.39. The number of fused-ring (bicyclic) bond motifs is 1. The Bertz CT molecular complexity index is 482. The summed E-state index contributed by atoms with van der Waals surface area (Å²) < 4.78 is 0. The minimum atomic E-state index is -0.0305. The van der Waals surface area contributed by atoms with E-state index >= 15 is 0 Å². The molecule has 1 aliphatic heterocycles. The highest BCUT2D eigenvalue weighted by molar-refractivity contribution is 5.94. The smallest absolute Gasteiger partial charge is 0.272 e. The van der Waals surface area contributed by atoms with Crippen molar-refractivity contribution in [3.8, 4) is 0 Å². The lowest BCUT2D eigenvalue weighted by Gasteiger charge is -2.13. The zero-order valence-corrected chi connectivity index (χ0v) is 13.9. The summed E-state index contributed by atoms with van der Waals surface area (Å²) in [5.41, 5.74) is 2.73. The number of hydrogen-bond donors (Lipinski definition) is 3. The molecule has 22 heavy (non-hydrogen) atoms. The SMILES string of the molecule is Cl.O=C(NCCCCC1CCCC1)c1n[nH]c2c1CNCC2. The van der Waals surface area contributed by atoms with Gasteiger partial charge in [0.1, 0.15) is 0 Å². The van der Waals surface area contributed by atoms with Crippen LogP contribution in [0, 0.1) is 5.92 Å². The maximum Gasteiger partial charge on any atom is 0.272 e. The summed E-state index contributed by atoms with van der Waals surface area (Å²) in [6, 6.07) is 0. The van der Waals surface area contributed by atoms with E-state index in [1.165, 1.54) is 38.5 Å². The number of nitrogens with one attached hydrogen (secondary N) is 3. The molecule has 1 amide bonds. The Morgan fingerprint density at radius 2 is 2.09 bits per heavy atom. The van der Waals surface area contributed by atoms with Gasteiger partial charge in [0, 0.05) is 37.3 Å². The van der Waals surface area contributed by atoms with Crippen molar-refractivity contribution in [3.63, 3.8) is 0 Å². The monoisotopic (exact) mass is 326 g/mol. The van der Waals surface area contributed by atoms with Crippen LogP contribution < -0.4 is 10.6 Å². The van der Waals surface area contributed by atoms with Crippen LogP contribution in [-0.4, -0.2) is 29.2 Å². The van der Waals surface area contributed by atoms with Crippen molar-refractivity contribution < 1.29 is 4.79 Å². The van der Waals surface area contributed by atoms with Crippen LogP contribution in [0.5, 0.6) is 0 Å². The second-order valence-corrected chi connectivity index (χ2v) is 6.36. The van der Waals surface area contributed by atoms with Gasteiger partial charge in [-0.2, -0.15) is 5.10 Å². The fourth-order valence-electron chi connectivity index (χ4n) is 3.56. The van der Waals surface area contributed by atoms with Crippen LogP contribution in [0.2, 0.25) is 0 Å². The molecule has 1 aromatic rings. The van der Waals surface area contributed by atoms with Crippen molar-refractivity contribution in [2.75, 3.05) is 13.1 Å². The van der Waals surface area contributed by atoms with Gasteiger partial charge in [0.15, 0.2) is 5.69 Å². The normalized spacial score (nSPS) is 17.8. The van der Waals surface area contributed by atoms with E-state index in [1.54, 1.807) is 0 Å². The molecule has 3 rings (SSSR count). The molecule has 0 saturated heterocycles. The summed E-state index contributed by atoms with van der Waals surface area (Å²) in [6.07, 6.45) is 10.2. The van der Waals surface area contributed by atoms with Gasteiger partial charge in [0.2, 0.25) is 0 Å². The van der Waals surface area contributed by atoms with Crippen molar-refractivity contribution in [2.45, 2.75) is 57.9 Å². The van der Waals surface area contributed by atoms with Crippen molar-refractivity contribution in [2.24, 2.45) is 5.92 Å². The minimum Gasteiger partial charge on any atom is -0.351 e. The average molecular weight is 327 g/mol. The van der Waals surface area contributed by atoms with Crippen LogP contribution in [0.25, 0.3) is 0 Å². The van der Waals surface area contributed by atoms with E-state index in [-0.39, 0.29) is 18.3 Å². The van der Waals surface area contributed by atoms with Gasteiger partial charge >= 0.3 is 0 Å². The van der Waals surface area contributed by atoms with Gasteiger partial charge < -0.3 is 10.6 Å². The largest absolute Gasteiger partial charge is 0.351 e. The standard InChI is InChI=1S/C16H26N4O.ClH/c21-16(15-13-11-17-10-8-14(13)19-20-15)18-9-4-3-7-12-5-1-2-6-12;/h12,17H,1-11H2,(H,18,21)(H,19,20);1H. The predicted octanol–water partition coefficient (Wildman–Crippen LogP) is 2.57. The fourth-order valence-corrected chi connectivity index (χ4v) is 3.56. The summed E-state index contributed by atoms with van der Waals surface area (Å²) in [6.45, 7) is 2.47. The Kier molecular flexibility index (Phi) is 6.70. The molecule has 5 nitrogen and oxygen atoms in total. The van der Waals surface area contributed by atoms with Gasteiger partial charge in [-0.3, -0.25) is 9.89 Å². The Hall–Kier alpha value is -1.07. The lowest BCUT2D eigenvalue weighted by atomic mass is 10.0. The van der Waals surface area contributed by atoms with Crippen molar-refractivity contribution in [3.05, 3.63) is 17.0 Å². The van der Waals surface area contributed by atoms with Crippen LogP contribution in [0.4, 0.5) is 0 Å². The lowest BCUT2D eigenvalue weighted by Crippen LogP contribution is -2.29. The lowest BCUT2D eigenvalue weighted by molar-refractivity contribution is 0.0946. The van der Waals surface area contributed by atoms with Crippen molar-refractivity contribution >= 4 is 18.3 Å². The summed E-state index contributed by atoms with van der Waals surface area (Å²) in [5, 5.41) is 13.5. The number of nitrogens with zero attached hydrogens (tertiary/aromatic N) is 1. The highest BCUT2D eigenvalue weighted by Crippen LogP contribution is 2.28. The van der Waals surface area contributed by atoms with Crippen molar-refractivity contribution in [1.82, 2.24) is 20.8 Å². The first-order chi connectivity index (χ1) is 10.3. The number of hydrogen-bond acceptors (Lipinski definition) is 3. The van der Waals surface area contributed by atoms with Gasteiger partial charge in [0.25, 0.3) is 5.91 Å². The number of H-pyrrole nitrogens is 1. The van der Waals surface area contributed by atoms with Crippen LogP contribution >= 0.6 is 12.4 Å². The molecule has 0 radical (unpaired) electrons. The maximum absolute atomic E-state index is 12.2. The number of rotatable bonds is 6. The molecule has 3 N–H and O–H groups in total. The third-order valence-corrected chi connectivity index (χ3v) is 4.82. The molecule has 0 bridgehead atoms. The second kappa shape index (κ2) is 8.53. The molecule has 2 heterocycles. The first-order valence-corrected chi connectivity index (χ1v) is 8.39. The summed E-state index contributed by atoms with van der Waals surface area (Å²) >= 11 is 0. The van der Waals surface area contributed by atoms with E-state index in [9.17, 15) is 4.79 Å². The van der Waals surface area contributed by atoms with Crippen LogP contribution in [-0.2, 0) is 13.0 Å². The van der Waals surface area contributed by atoms with Gasteiger partial charge in [-0.05, 0) is 12.3 Å². The molecule has 1 fully saturated rings. The van der Waals surface area contributed by atoms with E-state index < -0.39 is 0 Å². The fraction of sp³-hybridized carbons (Fsp3) is 0.750. The number of aromatic amines is 1. The number of aromatic nitrogens is 2. The van der Waals surface area contributed by atoms with Gasteiger partial charge in [-0.15, -0.1) is 12.4 Å². The Morgan fingerprint density at radius 1 is 1.27 bits per heavy atom. The topological polar surface area (TPSA) is 69.8 Å². The van der Waals surface area contributed by atoms with E-state index in [1.807, 2.05) is 0 Å². The third-order valence-electron chi connectivity index (χ3n) is 4.82. The van der Waals surface area contributed by atoms with Gasteiger partial charge in [-0.1, -0.05) is 38.5 Å². The Balaban J connectivity index is 0.00000176. The predicted molar refractivity (Wildman–Crippen MR) is 89.4 cm³/mol. The van der Waals surface area contributed by atoms with E-state index in [2.05, 4.69) is 20.8 Å². The highest BCUT2D eigenvalue weighted by Gasteiger charge is 2.21. The molecule has 0 spiro atoms. The molecule has 1 aromatic heterocycles. The average Bonchev–Trinajstić information content (AvgIpc) is 3.16. The molecular formula is C16H27ClN4O. The summed E-state index contributed by atoms with van der Waals surface area (Å²) in [5.74, 6) is 0.919. The number of unbranched alkanes of at least 4 members (excludes halogenated alkanes) is 1. The molecule has 1 saturated carbocycles. The van der Waals surface area contributed by atoms with Crippen LogP contribution in [0.3, 0.4) is 0 Å². The molecule has 2 aliphatic rings. The third kappa shape index (κ3) is 4.23. The zero-order valence-electron chi connectivity index (χ0n) is 13.1. The Labute approximate surface area is 138 Å². The van der Waals surface area contributed by atoms with E-state index in [0.29, 0.717) is 5.69 Å². The molecule has 6 heteroatoms. The first kappa shape index (κ1) is 17.3. The van der Waals surface area contributed by atoms with Crippen LogP contribution in [0.15, 0.2) is 0 Å². The molecule has 124 valence electrons. The molecular weight excluding hydrogens is 300 g/mol. The summed E-state index contributed by atoms with van der Waals surface area (Å²) in [4.78, 5) is 12.2. The van der Waals surface area contributed by atoms with Gasteiger partial charge in [-0.25, -0.2) is 0 Å². The number of amides is 1. The number of halogens is 1. The molecule has 1 aliphatic carbocycles. The minimum absolute atomic E-state index is 0. The Morgan fingerprint density at radius 3 is 2.91 bits per heavy atom. The van der Waals surface area contributed by atoms with E-state index in [4.69, 9.17) is 0 Å². The quantitative estimate of drug-likeness (QED) is 0.704. The number of carbonyl (C=O) groups is 1. The zero-order chi connectivity index (χ0) is 14.5. The van der Waals surface area contributed by atoms with E-state index in [0.717, 1.165) is 49.7 Å². The highest BCUT2D eigenvalue weighted by atomic mass is 35.5. The van der Waals surface area contributed by atoms with Crippen LogP contribution in [0.1, 0.15) is 66.7 Å². The maximum atomic E-state index is 12.2. The number of carbonyl (C=O) groups excluding carboxylic acids is 1. The second-order valence-electron chi connectivity index (χ2n) is 6.36.